The van der Waals surface area contributed by atoms with Gasteiger partial charge in [-0.3, -0.25) is 4.90 Å². The third-order valence-corrected chi connectivity index (χ3v) is 3.58. The lowest BCUT2D eigenvalue weighted by molar-refractivity contribution is -0.0272. The Morgan fingerprint density at radius 3 is 2.05 bits per heavy atom. The molecule has 0 bridgehead atoms. The molecule has 1 heterocycles. The molecule has 0 aliphatic carbocycles. The van der Waals surface area contributed by atoms with Gasteiger partial charge in [0, 0.05) is 12.6 Å². The first-order chi connectivity index (χ1) is 10.4. The summed E-state index contributed by atoms with van der Waals surface area (Å²) in [7, 11) is 0. The normalized spacial score (nSPS) is 19.4. The first-order valence-electron chi connectivity index (χ1n) is 8.04. The fourth-order valence-electron chi connectivity index (χ4n) is 2.43. The van der Waals surface area contributed by atoms with Crippen LogP contribution in [0.4, 0.5) is 0 Å². The first-order valence-corrected chi connectivity index (χ1v) is 8.04. The van der Waals surface area contributed by atoms with Gasteiger partial charge in [0.05, 0.1) is 59.6 Å². The van der Waals surface area contributed by atoms with Crippen molar-refractivity contribution in [1.29, 1.82) is 0 Å². The molecule has 6 heteroatoms. The fraction of sp³-hybridized carbons (Fsp3) is 1.00. The monoisotopic (exact) mass is 305 g/mol. The van der Waals surface area contributed by atoms with Crippen LogP contribution in [-0.4, -0.2) is 82.2 Å². The Kier molecular flexibility index (Phi) is 12.0. The van der Waals surface area contributed by atoms with Crippen LogP contribution in [0.5, 0.6) is 0 Å². The maximum Gasteiger partial charge on any atom is 0.0993 e. The molecule has 1 N–H and O–H groups in total. The van der Waals surface area contributed by atoms with E-state index in [-0.39, 0.29) is 6.61 Å². The molecule has 126 valence electrons. The molecule has 1 atom stereocenters. The number of aliphatic hydroxyl groups is 1. The van der Waals surface area contributed by atoms with Crippen molar-refractivity contribution in [3.8, 4) is 0 Å². The van der Waals surface area contributed by atoms with Crippen LogP contribution in [0.3, 0.4) is 0 Å². The zero-order valence-corrected chi connectivity index (χ0v) is 13.3. The summed E-state index contributed by atoms with van der Waals surface area (Å²) >= 11 is 0. The van der Waals surface area contributed by atoms with E-state index in [0.717, 1.165) is 13.3 Å². The molecule has 1 aliphatic heterocycles. The molecule has 6 nitrogen and oxygen atoms in total. The van der Waals surface area contributed by atoms with E-state index < -0.39 is 0 Å². The average Bonchev–Trinajstić information content (AvgIpc) is 2.96. The number of hydrogen-bond donors (Lipinski definition) is 1. The highest BCUT2D eigenvalue weighted by atomic mass is 16.6. The van der Waals surface area contributed by atoms with Gasteiger partial charge in [-0.2, -0.15) is 0 Å². The minimum atomic E-state index is 0.0551. The lowest BCUT2D eigenvalue weighted by Gasteiger charge is -2.22. The fourth-order valence-corrected chi connectivity index (χ4v) is 2.43. The molecule has 1 rings (SSSR count). The van der Waals surface area contributed by atoms with Gasteiger partial charge in [0.25, 0.3) is 0 Å². The van der Waals surface area contributed by atoms with E-state index in [2.05, 4.69) is 11.8 Å². The molecule has 1 aliphatic rings. The van der Waals surface area contributed by atoms with Crippen molar-refractivity contribution < 1.29 is 24.1 Å². The molecule has 21 heavy (non-hydrogen) atoms. The minimum Gasteiger partial charge on any atom is -0.394 e. The van der Waals surface area contributed by atoms with Crippen molar-refractivity contribution in [2.24, 2.45) is 0 Å². The van der Waals surface area contributed by atoms with Crippen LogP contribution in [0.1, 0.15) is 26.2 Å². The predicted molar refractivity (Wildman–Crippen MR) is 80.4 cm³/mol. The van der Waals surface area contributed by atoms with Gasteiger partial charge in [-0.15, -0.1) is 0 Å². The van der Waals surface area contributed by atoms with Crippen LogP contribution in [0.25, 0.3) is 0 Å². The molecule has 1 fully saturated rings. The van der Waals surface area contributed by atoms with E-state index in [1.54, 1.807) is 0 Å². The standard InChI is InChI=1S/C15H31NO5/c1-2-15-4-3-5-16(15)14-21-13-12-20-11-10-19-9-8-18-7-6-17/h15,17H,2-14H2,1H3. The summed E-state index contributed by atoms with van der Waals surface area (Å²) in [5.74, 6) is 0. The number of ether oxygens (including phenoxy) is 4. The topological polar surface area (TPSA) is 60.4 Å². The van der Waals surface area contributed by atoms with Crippen molar-refractivity contribution in [3.05, 3.63) is 0 Å². The van der Waals surface area contributed by atoms with E-state index in [0.29, 0.717) is 52.3 Å². The van der Waals surface area contributed by atoms with Crippen molar-refractivity contribution in [1.82, 2.24) is 4.90 Å². The Bertz CT molecular complexity index is 230. The van der Waals surface area contributed by atoms with E-state index >= 15 is 0 Å². The van der Waals surface area contributed by atoms with Gasteiger partial charge in [0.2, 0.25) is 0 Å². The molecule has 0 spiro atoms. The molecule has 0 aromatic rings. The highest BCUT2D eigenvalue weighted by Gasteiger charge is 2.22. The Morgan fingerprint density at radius 1 is 0.905 bits per heavy atom. The average molecular weight is 305 g/mol. The van der Waals surface area contributed by atoms with Gasteiger partial charge in [-0.05, 0) is 19.3 Å². The molecule has 1 unspecified atom stereocenters. The van der Waals surface area contributed by atoms with Crippen LogP contribution >= 0.6 is 0 Å². The third kappa shape index (κ3) is 9.39. The van der Waals surface area contributed by atoms with Gasteiger partial charge in [-0.25, -0.2) is 0 Å². The summed E-state index contributed by atoms with van der Waals surface area (Å²) in [6.07, 6.45) is 3.80. The van der Waals surface area contributed by atoms with Crippen LogP contribution in [-0.2, 0) is 18.9 Å². The molecule has 0 radical (unpaired) electrons. The molecule has 1 saturated heterocycles. The van der Waals surface area contributed by atoms with Crippen molar-refractivity contribution in [3.63, 3.8) is 0 Å². The van der Waals surface area contributed by atoms with E-state index in [9.17, 15) is 0 Å². The second-order valence-corrected chi connectivity index (χ2v) is 5.11. The Hall–Kier alpha value is -0.240. The molecule has 0 aromatic heterocycles. The molecular formula is C15H31NO5. The van der Waals surface area contributed by atoms with E-state index in [1.165, 1.54) is 19.3 Å². The number of likely N-dealkylation sites (tertiary alicyclic amines) is 1. The lowest BCUT2D eigenvalue weighted by Crippen LogP contribution is -2.31. The maximum atomic E-state index is 8.51. The molecule has 0 saturated carbocycles. The van der Waals surface area contributed by atoms with Gasteiger partial charge < -0.3 is 24.1 Å². The second-order valence-electron chi connectivity index (χ2n) is 5.11. The van der Waals surface area contributed by atoms with E-state index in [1.807, 2.05) is 0 Å². The lowest BCUT2D eigenvalue weighted by atomic mass is 10.2. The van der Waals surface area contributed by atoms with Crippen LogP contribution in [0.2, 0.25) is 0 Å². The summed E-state index contributed by atoms with van der Waals surface area (Å²) in [4.78, 5) is 2.41. The Morgan fingerprint density at radius 2 is 1.48 bits per heavy atom. The van der Waals surface area contributed by atoms with E-state index in [4.69, 9.17) is 24.1 Å². The predicted octanol–water partition coefficient (Wildman–Crippen LogP) is 0.877. The molecular weight excluding hydrogens is 274 g/mol. The van der Waals surface area contributed by atoms with Crippen LogP contribution in [0.15, 0.2) is 0 Å². The SMILES string of the molecule is CCC1CCCN1COCCOCCOCCOCCO. The zero-order valence-electron chi connectivity index (χ0n) is 13.3. The van der Waals surface area contributed by atoms with Crippen LogP contribution < -0.4 is 0 Å². The maximum absolute atomic E-state index is 8.51. The van der Waals surface area contributed by atoms with Gasteiger partial charge in [0.15, 0.2) is 0 Å². The summed E-state index contributed by atoms with van der Waals surface area (Å²) in [6.45, 7) is 7.96. The summed E-state index contributed by atoms with van der Waals surface area (Å²) < 4.78 is 21.5. The van der Waals surface area contributed by atoms with Gasteiger partial charge in [0.1, 0.15) is 0 Å². The zero-order chi connectivity index (χ0) is 15.2. The minimum absolute atomic E-state index is 0.0551. The first kappa shape index (κ1) is 18.8. The summed E-state index contributed by atoms with van der Waals surface area (Å²) in [5.41, 5.74) is 0. The number of rotatable bonds is 14. The van der Waals surface area contributed by atoms with Crippen molar-refractivity contribution >= 4 is 0 Å². The van der Waals surface area contributed by atoms with Gasteiger partial charge in [-0.1, -0.05) is 6.92 Å². The second kappa shape index (κ2) is 13.4. The third-order valence-electron chi connectivity index (χ3n) is 3.58. The number of aliphatic hydroxyl groups excluding tert-OH is 1. The highest BCUT2D eigenvalue weighted by Crippen LogP contribution is 2.18. The smallest absolute Gasteiger partial charge is 0.0993 e. The van der Waals surface area contributed by atoms with Crippen LogP contribution in [0, 0.1) is 0 Å². The molecule has 0 amide bonds. The quantitative estimate of drug-likeness (QED) is 0.481. The Balaban J connectivity index is 1.76. The molecule has 0 aromatic carbocycles. The van der Waals surface area contributed by atoms with Crippen molar-refractivity contribution in [2.75, 3.05) is 66.1 Å². The Labute approximate surface area is 128 Å². The summed E-state index contributed by atoms with van der Waals surface area (Å²) in [5, 5.41) is 8.51. The number of nitrogens with zero attached hydrogens (tertiary/aromatic N) is 1. The van der Waals surface area contributed by atoms with Crippen molar-refractivity contribution in [2.45, 2.75) is 32.2 Å². The highest BCUT2D eigenvalue weighted by molar-refractivity contribution is 4.75. The number of hydrogen-bond acceptors (Lipinski definition) is 6. The summed E-state index contributed by atoms with van der Waals surface area (Å²) in [6, 6.07) is 0.701. The largest absolute Gasteiger partial charge is 0.394 e. The van der Waals surface area contributed by atoms with Gasteiger partial charge >= 0.3 is 0 Å².